The minimum atomic E-state index is -0.719. The zero-order valence-corrected chi connectivity index (χ0v) is 12.9. The number of rotatable bonds is 1. The summed E-state index contributed by atoms with van der Waals surface area (Å²) in [5.41, 5.74) is 4.45. The monoisotopic (exact) mass is 338 g/mol. The Morgan fingerprint density at radius 1 is 1.44 bits per heavy atom. The van der Waals surface area contributed by atoms with Crippen molar-refractivity contribution in [1.29, 1.82) is 0 Å². The van der Waals surface area contributed by atoms with Crippen LogP contribution in [-0.4, -0.2) is 35.2 Å². The molecule has 0 saturated heterocycles. The fourth-order valence-electron chi connectivity index (χ4n) is 1.22. The van der Waals surface area contributed by atoms with E-state index in [9.17, 15) is 9.59 Å². The Bertz CT molecular complexity index is 405. The molecule has 1 amide bonds. The highest BCUT2D eigenvalue weighted by molar-refractivity contribution is 9.14. The third kappa shape index (κ3) is 3.39. The predicted molar refractivity (Wildman–Crippen MR) is 71.6 cm³/mol. The largest absolute Gasteiger partial charge is 0.464 e. The lowest BCUT2D eigenvalue weighted by molar-refractivity contribution is -0.138. The molecule has 6 nitrogen and oxygen atoms in total. The van der Waals surface area contributed by atoms with Gasteiger partial charge in [0.2, 0.25) is 0 Å². The fourth-order valence-corrected chi connectivity index (χ4v) is 2.95. The van der Waals surface area contributed by atoms with E-state index in [-0.39, 0.29) is 5.70 Å². The highest BCUT2D eigenvalue weighted by atomic mass is 79.9. The second kappa shape index (κ2) is 5.50. The first-order valence-corrected chi connectivity index (χ1v) is 6.77. The van der Waals surface area contributed by atoms with Crippen LogP contribution in [0.25, 0.3) is 0 Å². The van der Waals surface area contributed by atoms with Crippen molar-refractivity contribution in [2.75, 3.05) is 7.11 Å². The van der Waals surface area contributed by atoms with Crippen molar-refractivity contribution in [3.8, 4) is 0 Å². The number of nitrogens with two attached hydrogens (primary N) is 1. The Hall–Kier alpha value is -0.730. The lowest BCUT2D eigenvalue weighted by atomic mass is 10.2. The van der Waals surface area contributed by atoms with Crippen molar-refractivity contribution in [2.45, 2.75) is 31.9 Å². The molecule has 1 aliphatic rings. The maximum Gasteiger partial charge on any atom is 0.417 e. The van der Waals surface area contributed by atoms with Crippen LogP contribution in [0.2, 0.25) is 0 Å². The van der Waals surface area contributed by atoms with Crippen LogP contribution in [0, 0.1) is 0 Å². The zero-order chi connectivity index (χ0) is 14.1. The van der Waals surface area contributed by atoms with Gasteiger partial charge in [0.25, 0.3) is 0 Å². The molecule has 0 aromatic rings. The molecule has 0 fully saturated rings. The SMILES string of the molecule is COC(=O)C1=C(Br)SC(N)N1C(=O)OC(C)(C)C. The summed E-state index contributed by atoms with van der Waals surface area (Å²) >= 11 is 4.32. The van der Waals surface area contributed by atoms with E-state index in [2.05, 4.69) is 20.7 Å². The van der Waals surface area contributed by atoms with Gasteiger partial charge in [0.1, 0.15) is 11.1 Å². The summed E-state index contributed by atoms with van der Waals surface area (Å²) in [4.78, 5) is 24.7. The number of hydrogen-bond acceptors (Lipinski definition) is 6. The lowest BCUT2D eigenvalue weighted by Crippen LogP contribution is -2.44. The Labute approximate surface area is 118 Å². The van der Waals surface area contributed by atoms with E-state index >= 15 is 0 Å². The first kappa shape index (κ1) is 15.3. The fraction of sp³-hybridized carbons (Fsp3) is 0.600. The number of hydrogen-bond donors (Lipinski definition) is 1. The molecule has 2 N–H and O–H groups in total. The second-order valence-corrected chi connectivity index (χ2v) is 6.92. The molecule has 0 radical (unpaired) electrons. The minimum Gasteiger partial charge on any atom is -0.464 e. The zero-order valence-electron chi connectivity index (χ0n) is 10.5. The average molecular weight is 339 g/mol. The summed E-state index contributed by atoms with van der Waals surface area (Å²) < 4.78 is 10.3. The Kier molecular flexibility index (Phi) is 4.68. The highest BCUT2D eigenvalue weighted by Gasteiger charge is 2.40. The van der Waals surface area contributed by atoms with E-state index in [4.69, 9.17) is 10.5 Å². The first-order chi connectivity index (χ1) is 8.17. The molecule has 0 aromatic heterocycles. The lowest BCUT2D eigenvalue weighted by Gasteiger charge is -2.27. The molecule has 1 rings (SSSR count). The average Bonchev–Trinajstić information content (AvgIpc) is 2.49. The van der Waals surface area contributed by atoms with Gasteiger partial charge >= 0.3 is 12.1 Å². The van der Waals surface area contributed by atoms with E-state index in [1.165, 1.54) is 7.11 Å². The van der Waals surface area contributed by atoms with Gasteiger partial charge in [-0.3, -0.25) is 0 Å². The van der Waals surface area contributed by atoms with Gasteiger partial charge in [-0.2, -0.15) is 0 Å². The number of methoxy groups -OCH3 is 1. The highest BCUT2D eigenvalue weighted by Crippen LogP contribution is 2.40. The molecule has 0 aromatic carbocycles. The Morgan fingerprint density at radius 3 is 2.44 bits per heavy atom. The molecule has 1 atom stereocenters. The summed E-state index contributed by atoms with van der Waals surface area (Å²) in [5, 5.41) is 0. The summed E-state index contributed by atoms with van der Waals surface area (Å²) in [7, 11) is 1.23. The van der Waals surface area contributed by atoms with Gasteiger partial charge in [-0.05, 0) is 36.7 Å². The van der Waals surface area contributed by atoms with E-state index in [0.29, 0.717) is 3.81 Å². The number of amides is 1. The normalized spacial score (nSPS) is 20.1. The third-order valence-corrected chi connectivity index (χ3v) is 3.66. The molecule has 1 unspecified atom stereocenters. The first-order valence-electron chi connectivity index (χ1n) is 5.10. The number of halogens is 1. The number of thioether (sulfide) groups is 1. The molecule has 1 aliphatic heterocycles. The van der Waals surface area contributed by atoms with Crippen LogP contribution < -0.4 is 5.73 Å². The molecule has 8 heteroatoms. The van der Waals surface area contributed by atoms with Crippen LogP contribution in [0.3, 0.4) is 0 Å². The number of ether oxygens (including phenoxy) is 2. The van der Waals surface area contributed by atoms with Gasteiger partial charge < -0.3 is 15.2 Å². The smallest absolute Gasteiger partial charge is 0.417 e. The van der Waals surface area contributed by atoms with Crippen molar-refractivity contribution < 1.29 is 19.1 Å². The van der Waals surface area contributed by atoms with Crippen molar-refractivity contribution >= 4 is 39.8 Å². The van der Waals surface area contributed by atoms with Gasteiger partial charge in [-0.15, -0.1) is 0 Å². The minimum absolute atomic E-state index is 0.0595. The topological polar surface area (TPSA) is 81.9 Å². The van der Waals surface area contributed by atoms with Gasteiger partial charge in [-0.25, -0.2) is 14.5 Å². The van der Waals surface area contributed by atoms with Gasteiger partial charge in [-0.1, -0.05) is 11.8 Å². The van der Waals surface area contributed by atoms with Crippen LogP contribution in [-0.2, 0) is 14.3 Å². The van der Waals surface area contributed by atoms with Crippen LogP contribution in [0.15, 0.2) is 9.51 Å². The predicted octanol–water partition coefficient (Wildman–Crippen LogP) is 1.95. The second-order valence-electron chi connectivity index (χ2n) is 4.47. The van der Waals surface area contributed by atoms with Crippen LogP contribution in [0.5, 0.6) is 0 Å². The molecule has 18 heavy (non-hydrogen) atoms. The molecule has 1 heterocycles. The Morgan fingerprint density at radius 2 is 2.00 bits per heavy atom. The Balaban J connectivity index is 2.98. The number of esters is 1. The molecule has 0 saturated carbocycles. The molecule has 0 bridgehead atoms. The van der Waals surface area contributed by atoms with Crippen LogP contribution in [0.1, 0.15) is 20.8 Å². The molecular formula is C10H15BrN2O4S. The van der Waals surface area contributed by atoms with Crippen molar-refractivity contribution in [1.82, 2.24) is 4.90 Å². The summed E-state index contributed by atoms with van der Waals surface area (Å²) in [6.07, 6.45) is -0.683. The van der Waals surface area contributed by atoms with E-state index in [1.54, 1.807) is 20.8 Å². The quantitative estimate of drug-likeness (QED) is 0.736. The van der Waals surface area contributed by atoms with Crippen LogP contribution >= 0.6 is 27.7 Å². The molecule has 0 aliphatic carbocycles. The summed E-state index contributed by atoms with van der Waals surface area (Å²) in [6, 6.07) is 0. The summed E-state index contributed by atoms with van der Waals surface area (Å²) in [6.45, 7) is 5.20. The van der Waals surface area contributed by atoms with E-state index < -0.39 is 23.2 Å². The van der Waals surface area contributed by atoms with Crippen molar-refractivity contribution in [3.05, 3.63) is 9.51 Å². The maximum atomic E-state index is 12.0. The maximum absolute atomic E-state index is 12.0. The standard InChI is InChI=1S/C10H15BrN2O4S/c1-10(2,3)17-9(15)13-5(7(14)16-4)6(11)18-8(13)12/h8H,12H2,1-4H3. The van der Waals surface area contributed by atoms with E-state index in [0.717, 1.165) is 16.7 Å². The number of carbonyl (C=O) groups excluding carboxylic acids is 2. The van der Waals surface area contributed by atoms with Crippen molar-refractivity contribution in [2.24, 2.45) is 5.73 Å². The molecule has 102 valence electrons. The van der Waals surface area contributed by atoms with Gasteiger partial charge in [0, 0.05) is 0 Å². The van der Waals surface area contributed by atoms with Crippen molar-refractivity contribution in [3.63, 3.8) is 0 Å². The third-order valence-electron chi connectivity index (χ3n) is 1.87. The number of carbonyl (C=O) groups is 2. The van der Waals surface area contributed by atoms with Crippen LogP contribution in [0.4, 0.5) is 4.79 Å². The van der Waals surface area contributed by atoms with Gasteiger partial charge in [0.05, 0.1) is 10.9 Å². The summed E-state index contributed by atoms with van der Waals surface area (Å²) in [5.74, 6) is -0.645. The number of nitrogens with zero attached hydrogens (tertiary/aromatic N) is 1. The molecular weight excluding hydrogens is 324 g/mol. The molecule has 0 spiro atoms. The van der Waals surface area contributed by atoms with Gasteiger partial charge in [0.15, 0.2) is 5.70 Å². The van der Waals surface area contributed by atoms with E-state index in [1.807, 2.05) is 0 Å².